The van der Waals surface area contributed by atoms with Crippen LogP contribution in [0.5, 0.6) is 0 Å². The van der Waals surface area contributed by atoms with E-state index in [4.69, 9.17) is 23.4 Å². The molecule has 0 aliphatic carbocycles. The topological polar surface area (TPSA) is 52.8 Å². The Labute approximate surface area is 123 Å². The van der Waals surface area contributed by atoms with Crippen LogP contribution < -0.4 is 0 Å². The maximum atomic E-state index is 5.90. The molecule has 20 heavy (non-hydrogen) atoms. The monoisotopic (exact) mass is 304 g/mol. The molecule has 2 rings (SSSR count). The van der Waals surface area contributed by atoms with Crippen LogP contribution in [-0.4, -0.2) is 67.5 Å². The summed E-state index contributed by atoms with van der Waals surface area (Å²) in [6, 6.07) is 2.40. The van der Waals surface area contributed by atoms with Crippen molar-refractivity contribution in [2.45, 2.75) is 44.1 Å². The Bertz CT molecular complexity index is 224. The van der Waals surface area contributed by atoms with Crippen molar-refractivity contribution in [3.63, 3.8) is 0 Å². The van der Waals surface area contributed by atoms with Crippen LogP contribution in [0, 0.1) is 0 Å². The van der Waals surface area contributed by atoms with Gasteiger partial charge in [-0.15, -0.1) is 0 Å². The first kappa shape index (κ1) is 16.4. The molecule has 0 saturated carbocycles. The molecule has 6 heteroatoms. The number of hydrogen-bond donors (Lipinski definition) is 0. The highest BCUT2D eigenvalue weighted by atomic mass is 28.3. The Morgan fingerprint density at radius 1 is 0.950 bits per heavy atom. The average Bonchev–Trinajstić information content (AvgIpc) is 3.32. The van der Waals surface area contributed by atoms with Crippen LogP contribution in [-0.2, 0) is 23.4 Å². The van der Waals surface area contributed by atoms with Crippen LogP contribution in [0.3, 0.4) is 0 Å². The third-order valence-corrected chi connectivity index (χ3v) is 6.35. The molecule has 2 aliphatic heterocycles. The summed E-state index contributed by atoms with van der Waals surface area (Å²) in [5, 5.41) is 0. The first-order valence-electron chi connectivity index (χ1n) is 7.88. The smallest absolute Gasteiger partial charge is 0.177 e. The van der Waals surface area contributed by atoms with Crippen molar-refractivity contribution in [1.29, 1.82) is 0 Å². The molecule has 0 aromatic heterocycles. The van der Waals surface area contributed by atoms with Gasteiger partial charge in [-0.25, -0.2) is 0 Å². The van der Waals surface area contributed by atoms with Gasteiger partial charge in [-0.2, -0.15) is 0 Å². The summed E-state index contributed by atoms with van der Waals surface area (Å²) in [7, 11) is -1.06. The molecule has 118 valence electrons. The summed E-state index contributed by atoms with van der Waals surface area (Å²) >= 11 is 0. The molecule has 2 aliphatic rings. The van der Waals surface area contributed by atoms with E-state index in [1.807, 2.05) is 0 Å². The second-order valence-electron chi connectivity index (χ2n) is 5.42. The van der Waals surface area contributed by atoms with Gasteiger partial charge in [0.05, 0.1) is 26.4 Å². The minimum Gasteiger partial charge on any atom is -0.420 e. The van der Waals surface area contributed by atoms with Gasteiger partial charge in [0.1, 0.15) is 12.2 Å². The molecule has 2 saturated heterocycles. The first-order chi connectivity index (χ1) is 9.88. The molecule has 2 fully saturated rings. The third-order valence-electron chi connectivity index (χ3n) is 3.44. The molecule has 0 radical (unpaired) electrons. The highest BCUT2D eigenvalue weighted by molar-refractivity contribution is 6.51. The lowest BCUT2D eigenvalue weighted by Crippen LogP contribution is -2.19. The second kappa shape index (κ2) is 9.86. The van der Waals surface area contributed by atoms with Crippen molar-refractivity contribution in [2.75, 3.05) is 46.2 Å². The molecule has 0 amide bonds. The molecular weight excluding hydrogens is 276 g/mol. The van der Waals surface area contributed by atoms with Gasteiger partial charge in [0.2, 0.25) is 0 Å². The van der Waals surface area contributed by atoms with E-state index in [1.165, 1.54) is 12.1 Å². The Morgan fingerprint density at radius 2 is 1.45 bits per heavy atom. The number of ether oxygens (including phenoxy) is 4. The van der Waals surface area contributed by atoms with Gasteiger partial charge in [-0.05, 0) is 31.9 Å². The molecule has 0 bridgehead atoms. The maximum Gasteiger partial charge on any atom is 0.177 e. The Kier molecular flexibility index (Phi) is 8.08. The summed E-state index contributed by atoms with van der Waals surface area (Å²) in [5.41, 5.74) is 0. The number of hydrogen-bond acceptors (Lipinski definition) is 5. The summed E-state index contributed by atoms with van der Waals surface area (Å²) < 4.78 is 27.2. The zero-order valence-electron chi connectivity index (χ0n) is 12.6. The van der Waals surface area contributed by atoms with Crippen molar-refractivity contribution < 1.29 is 23.4 Å². The van der Waals surface area contributed by atoms with Crippen molar-refractivity contribution >= 4 is 9.04 Å². The molecule has 0 spiro atoms. The quantitative estimate of drug-likeness (QED) is 0.275. The fraction of sp³-hybridized carbons (Fsp3) is 1.00. The largest absolute Gasteiger partial charge is 0.420 e. The molecule has 0 aromatic rings. The lowest BCUT2D eigenvalue weighted by atomic mass is 10.5. The number of rotatable bonds is 14. The van der Waals surface area contributed by atoms with Gasteiger partial charge >= 0.3 is 0 Å². The van der Waals surface area contributed by atoms with E-state index < -0.39 is 9.04 Å². The molecule has 5 nitrogen and oxygen atoms in total. The van der Waals surface area contributed by atoms with Crippen molar-refractivity contribution in [3.8, 4) is 0 Å². The fourth-order valence-electron chi connectivity index (χ4n) is 2.13. The van der Waals surface area contributed by atoms with Gasteiger partial charge in [-0.1, -0.05) is 0 Å². The first-order valence-corrected chi connectivity index (χ1v) is 9.99. The Hall–Kier alpha value is 0.0169. The van der Waals surface area contributed by atoms with Crippen LogP contribution >= 0.6 is 0 Å². The van der Waals surface area contributed by atoms with E-state index in [2.05, 4.69) is 6.92 Å². The van der Waals surface area contributed by atoms with Crippen LogP contribution in [0.15, 0.2) is 0 Å². The van der Waals surface area contributed by atoms with Crippen molar-refractivity contribution in [1.82, 2.24) is 0 Å². The summed E-state index contributed by atoms with van der Waals surface area (Å²) in [5.74, 6) is 0. The molecule has 2 heterocycles. The maximum absolute atomic E-state index is 5.90. The fourth-order valence-corrected chi connectivity index (χ4v) is 4.47. The molecule has 0 aromatic carbocycles. The normalized spacial score (nSPS) is 25.6. The third kappa shape index (κ3) is 8.34. The minimum absolute atomic E-state index is 0.377. The molecule has 2 unspecified atom stereocenters. The highest BCUT2D eigenvalue weighted by Gasteiger charge is 2.23. The highest BCUT2D eigenvalue weighted by Crippen LogP contribution is 2.12. The lowest BCUT2D eigenvalue weighted by Gasteiger charge is -2.15. The van der Waals surface area contributed by atoms with E-state index >= 15 is 0 Å². The van der Waals surface area contributed by atoms with Crippen LogP contribution in [0.2, 0.25) is 12.1 Å². The Balaban J connectivity index is 1.40. The van der Waals surface area contributed by atoms with Crippen molar-refractivity contribution in [2.24, 2.45) is 0 Å². The second-order valence-corrected chi connectivity index (χ2v) is 8.15. The van der Waals surface area contributed by atoms with E-state index in [-0.39, 0.29) is 0 Å². The van der Waals surface area contributed by atoms with E-state index in [9.17, 15) is 0 Å². The predicted octanol–water partition coefficient (Wildman–Crippen LogP) is 1.36. The number of epoxide rings is 2. The van der Waals surface area contributed by atoms with Gasteiger partial charge in [0.25, 0.3) is 0 Å². The minimum atomic E-state index is -1.06. The standard InChI is InChI=1S/C14H28O5Si/c1-2-19-20(7-3-5-15-9-13-11-17-13)8-4-6-16-10-14-12-18-14/h13-14,20H,2-12H2,1H3. The summed E-state index contributed by atoms with van der Waals surface area (Å²) in [6.45, 7) is 7.88. The zero-order valence-corrected chi connectivity index (χ0v) is 13.7. The van der Waals surface area contributed by atoms with Gasteiger partial charge < -0.3 is 23.4 Å². The van der Waals surface area contributed by atoms with Crippen molar-refractivity contribution in [3.05, 3.63) is 0 Å². The van der Waals surface area contributed by atoms with E-state index in [0.29, 0.717) is 12.2 Å². The van der Waals surface area contributed by atoms with Crippen LogP contribution in [0.1, 0.15) is 19.8 Å². The average molecular weight is 304 g/mol. The van der Waals surface area contributed by atoms with Crippen LogP contribution in [0.4, 0.5) is 0 Å². The van der Waals surface area contributed by atoms with Gasteiger partial charge in [0.15, 0.2) is 9.04 Å². The summed E-state index contributed by atoms with van der Waals surface area (Å²) in [4.78, 5) is 0. The molecular formula is C14H28O5Si. The van der Waals surface area contributed by atoms with Crippen LogP contribution in [0.25, 0.3) is 0 Å². The predicted molar refractivity (Wildman–Crippen MR) is 78.7 cm³/mol. The zero-order chi connectivity index (χ0) is 14.0. The summed E-state index contributed by atoms with van der Waals surface area (Å²) in [6.07, 6.45) is 2.98. The molecule has 2 atom stereocenters. The lowest BCUT2D eigenvalue weighted by molar-refractivity contribution is 0.114. The van der Waals surface area contributed by atoms with Gasteiger partial charge in [0, 0.05) is 19.8 Å². The Morgan fingerprint density at radius 3 is 1.85 bits per heavy atom. The van der Waals surface area contributed by atoms with E-state index in [0.717, 1.165) is 59.1 Å². The SMILES string of the molecule is CCO[SiH](CCCOCC1CO1)CCCOCC1CO1. The van der Waals surface area contributed by atoms with Gasteiger partial charge in [-0.3, -0.25) is 0 Å². The van der Waals surface area contributed by atoms with E-state index in [1.54, 1.807) is 0 Å². The molecule has 0 N–H and O–H groups in total.